The molecule has 2 aromatic carbocycles. The van der Waals surface area contributed by atoms with Crippen LogP contribution in [0.4, 0.5) is 0 Å². The van der Waals surface area contributed by atoms with Gasteiger partial charge in [0.25, 0.3) is 11.8 Å². The van der Waals surface area contributed by atoms with E-state index in [0.717, 1.165) is 6.42 Å². The van der Waals surface area contributed by atoms with Crippen molar-refractivity contribution in [3.63, 3.8) is 0 Å². The number of benzene rings is 2. The maximum absolute atomic E-state index is 12.1. The van der Waals surface area contributed by atoms with Crippen molar-refractivity contribution in [2.75, 3.05) is 13.2 Å². The first-order valence-electron chi connectivity index (χ1n) is 9.11. The maximum atomic E-state index is 12.1. The molecule has 0 heterocycles. The van der Waals surface area contributed by atoms with Crippen molar-refractivity contribution in [1.82, 2.24) is 10.9 Å². The molecule has 29 heavy (non-hydrogen) atoms. The summed E-state index contributed by atoms with van der Waals surface area (Å²) in [6.07, 6.45) is 0.720. The molecule has 0 bridgehead atoms. The van der Waals surface area contributed by atoms with Crippen molar-refractivity contribution < 1.29 is 28.7 Å². The first kappa shape index (κ1) is 21.6. The highest BCUT2D eigenvalue weighted by atomic mass is 16.5. The molecule has 2 amide bonds. The standard InChI is InChI=1S/C21H22N2O6/c1-3-13-29-21(27)17-11-7-15(8-12-17)19(25)23-22-18(24)14-5-9-16(10-6-14)20(26)28-4-2/h5-12H,3-4,13H2,1-2H3,(H,22,24)(H,23,25). The van der Waals surface area contributed by atoms with Gasteiger partial charge in [-0.25, -0.2) is 9.59 Å². The molecule has 0 spiro atoms. The molecule has 0 unspecified atom stereocenters. The number of amides is 2. The van der Waals surface area contributed by atoms with Crippen LogP contribution in [0.2, 0.25) is 0 Å². The average Bonchev–Trinajstić information content (AvgIpc) is 2.75. The normalized spacial score (nSPS) is 10.0. The lowest BCUT2D eigenvalue weighted by Crippen LogP contribution is -2.41. The van der Waals surface area contributed by atoms with E-state index in [1.54, 1.807) is 6.92 Å². The summed E-state index contributed by atoms with van der Waals surface area (Å²) in [7, 11) is 0. The molecule has 8 nitrogen and oxygen atoms in total. The smallest absolute Gasteiger partial charge is 0.338 e. The van der Waals surface area contributed by atoms with Crippen LogP contribution in [0.5, 0.6) is 0 Å². The Kier molecular flexibility index (Phi) is 7.90. The molecule has 2 aromatic rings. The fourth-order valence-corrected chi connectivity index (χ4v) is 2.27. The van der Waals surface area contributed by atoms with E-state index in [4.69, 9.17) is 9.47 Å². The average molecular weight is 398 g/mol. The van der Waals surface area contributed by atoms with Crippen molar-refractivity contribution in [1.29, 1.82) is 0 Å². The van der Waals surface area contributed by atoms with Crippen LogP contribution in [0.3, 0.4) is 0 Å². The van der Waals surface area contributed by atoms with E-state index in [2.05, 4.69) is 10.9 Å². The Balaban J connectivity index is 1.90. The Morgan fingerprint density at radius 1 is 0.655 bits per heavy atom. The van der Waals surface area contributed by atoms with Crippen molar-refractivity contribution in [2.45, 2.75) is 20.3 Å². The topological polar surface area (TPSA) is 111 Å². The number of hydrazine groups is 1. The summed E-state index contributed by atoms with van der Waals surface area (Å²) in [6, 6.07) is 11.7. The number of hydrogen-bond donors (Lipinski definition) is 2. The van der Waals surface area contributed by atoms with Gasteiger partial charge in [-0.15, -0.1) is 0 Å². The fraction of sp³-hybridized carbons (Fsp3) is 0.238. The monoisotopic (exact) mass is 398 g/mol. The molecule has 0 saturated carbocycles. The van der Waals surface area contributed by atoms with Gasteiger partial charge < -0.3 is 9.47 Å². The number of ether oxygens (including phenoxy) is 2. The van der Waals surface area contributed by atoms with Crippen molar-refractivity contribution in [3.8, 4) is 0 Å². The Morgan fingerprint density at radius 2 is 1.03 bits per heavy atom. The van der Waals surface area contributed by atoms with E-state index in [-0.39, 0.29) is 17.7 Å². The highest BCUT2D eigenvalue weighted by Gasteiger charge is 2.12. The van der Waals surface area contributed by atoms with E-state index in [1.807, 2.05) is 6.92 Å². The number of esters is 2. The fourth-order valence-electron chi connectivity index (χ4n) is 2.27. The van der Waals surface area contributed by atoms with Crippen LogP contribution >= 0.6 is 0 Å². The summed E-state index contributed by atoms with van der Waals surface area (Å²) in [4.78, 5) is 47.6. The Morgan fingerprint density at radius 3 is 1.41 bits per heavy atom. The van der Waals surface area contributed by atoms with Gasteiger partial charge in [0, 0.05) is 11.1 Å². The van der Waals surface area contributed by atoms with E-state index in [0.29, 0.717) is 17.7 Å². The van der Waals surface area contributed by atoms with Crippen LogP contribution in [0.1, 0.15) is 61.7 Å². The van der Waals surface area contributed by atoms with Gasteiger partial charge in [-0.1, -0.05) is 6.92 Å². The molecular formula is C21H22N2O6. The van der Waals surface area contributed by atoms with Gasteiger partial charge >= 0.3 is 11.9 Å². The molecule has 0 fully saturated rings. The third-order valence-electron chi connectivity index (χ3n) is 3.77. The van der Waals surface area contributed by atoms with Gasteiger partial charge in [0.2, 0.25) is 0 Å². The zero-order valence-electron chi connectivity index (χ0n) is 16.2. The summed E-state index contributed by atoms with van der Waals surface area (Å²) in [5.74, 6) is -2.03. The lowest BCUT2D eigenvalue weighted by Gasteiger charge is -2.09. The van der Waals surface area contributed by atoms with Crippen LogP contribution in [-0.2, 0) is 9.47 Å². The quantitative estimate of drug-likeness (QED) is 0.548. The van der Waals surface area contributed by atoms with Crippen LogP contribution in [-0.4, -0.2) is 37.0 Å². The van der Waals surface area contributed by atoms with Gasteiger partial charge in [0.05, 0.1) is 24.3 Å². The van der Waals surface area contributed by atoms with Crippen LogP contribution < -0.4 is 10.9 Å². The summed E-state index contributed by atoms with van der Waals surface area (Å²) in [5.41, 5.74) is 5.76. The molecular weight excluding hydrogens is 376 g/mol. The van der Waals surface area contributed by atoms with E-state index < -0.39 is 23.8 Å². The van der Waals surface area contributed by atoms with Crippen molar-refractivity contribution >= 4 is 23.8 Å². The summed E-state index contributed by atoms with van der Waals surface area (Å²) >= 11 is 0. The zero-order valence-corrected chi connectivity index (χ0v) is 16.2. The minimum absolute atomic E-state index is 0.257. The Bertz CT molecular complexity index is 875. The second kappa shape index (κ2) is 10.6. The van der Waals surface area contributed by atoms with Gasteiger partial charge in [0.1, 0.15) is 0 Å². The second-order valence-electron chi connectivity index (χ2n) is 5.92. The molecule has 152 valence electrons. The lowest BCUT2D eigenvalue weighted by atomic mass is 10.1. The number of nitrogens with one attached hydrogen (secondary N) is 2. The van der Waals surface area contributed by atoms with Gasteiger partial charge in [-0.3, -0.25) is 20.4 Å². The summed E-state index contributed by atoms with van der Waals surface area (Å²) in [6.45, 7) is 4.18. The van der Waals surface area contributed by atoms with Gasteiger partial charge in [0.15, 0.2) is 0 Å². The Hall–Kier alpha value is -3.68. The van der Waals surface area contributed by atoms with Gasteiger partial charge in [-0.05, 0) is 61.9 Å². The minimum atomic E-state index is -0.548. The Labute approximate surface area is 168 Å². The molecule has 0 aliphatic heterocycles. The second-order valence-corrected chi connectivity index (χ2v) is 5.92. The summed E-state index contributed by atoms with van der Waals surface area (Å²) < 4.78 is 9.89. The van der Waals surface area contributed by atoms with E-state index in [1.165, 1.54) is 48.5 Å². The number of hydrogen-bond acceptors (Lipinski definition) is 6. The first-order valence-corrected chi connectivity index (χ1v) is 9.11. The third-order valence-corrected chi connectivity index (χ3v) is 3.77. The predicted octanol–water partition coefficient (Wildman–Crippen LogP) is 2.50. The molecule has 0 aliphatic carbocycles. The maximum Gasteiger partial charge on any atom is 0.338 e. The van der Waals surface area contributed by atoms with E-state index in [9.17, 15) is 19.2 Å². The largest absolute Gasteiger partial charge is 0.462 e. The molecule has 8 heteroatoms. The highest BCUT2D eigenvalue weighted by Crippen LogP contribution is 2.08. The summed E-state index contributed by atoms with van der Waals surface area (Å²) in [5, 5.41) is 0. The lowest BCUT2D eigenvalue weighted by molar-refractivity contribution is 0.0501. The third kappa shape index (κ3) is 6.17. The molecule has 0 radical (unpaired) electrons. The predicted molar refractivity (Wildman–Crippen MR) is 104 cm³/mol. The minimum Gasteiger partial charge on any atom is -0.462 e. The number of carbonyl (C=O) groups is 4. The number of rotatable bonds is 7. The highest BCUT2D eigenvalue weighted by molar-refractivity contribution is 6.00. The van der Waals surface area contributed by atoms with E-state index >= 15 is 0 Å². The SMILES string of the molecule is CCCOC(=O)c1ccc(C(=O)NNC(=O)c2ccc(C(=O)OCC)cc2)cc1. The molecule has 0 atom stereocenters. The molecule has 2 N–H and O–H groups in total. The molecule has 0 aliphatic rings. The van der Waals surface area contributed by atoms with Crippen molar-refractivity contribution in [2.24, 2.45) is 0 Å². The van der Waals surface area contributed by atoms with Crippen molar-refractivity contribution in [3.05, 3.63) is 70.8 Å². The molecule has 0 aromatic heterocycles. The number of carbonyl (C=O) groups excluding carboxylic acids is 4. The molecule has 2 rings (SSSR count). The molecule has 0 saturated heterocycles. The van der Waals surface area contributed by atoms with Crippen LogP contribution in [0.25, 0.3) is 0 Å². The van der Waals surface area contributed by atoms with Crippen LogP contribution in [0, 0.1) is 0 Å². The van der Waals surface area contributed by atoms with Crippen LogP contribution in [0.15, 0.2) is 48.5 Å². The first-order chi connectivity index (χ1) is 14.0. The zero-order chi connectivity index (χ0) is 21.2. The van der Waals surface area contributed by atoms with Gasteiger partial charge in [-0.2, -0.15) is 0 Å².